The van der Waals surface area contributed by atoms with Gasteiger partial charge in [0.25, 0.3) is 5.91 Å². The van der Waals surface area contributed by atoms with Gasteiger partial charge in [-0.15, -0.1) is 0 Å². The zero-order chi connectivity index (χ0) is 13.5. The average molecular weight is 263 g/mol. The standard InChI is InChI=1S/C13H21N5O/c1-14-12-10-16-11(9-17-12)13(19)15-5-8-18-6-3-2-4-7-18/h9-10H,2-8H2,1H3,(H,14,17)(H,15,19). The predicted molar refractivity (Wildman–Crippen MR) is 74.2 cm³/mol. The van der Waals surface area contributed by atoms with Gasteiger partial charge in [0, 0.05) is 20.1 Å². The SMILES string of the molecule is CNc1cnc(C(=O)NCCN2CCCCC2)cn1. The van der Waals surface area contributed by atoms with E-state index in [0.717, 1.165) is 19.6 Å². The highest BCUT2D eigenvalue weighted by molar-refractivity contribution is 5.91. The summed E-state index contributed by atoms with van der Waals surface area (Å²) in [6.45, 7) is 3.86. The van der Waals surface area contributed by atoms with E-state index in [4.69, 9.17) is 0 Å². The molecule has 0 saturated carbocycles. The third kappa shape index (κ3) is 4.17. The lowest BCUT2D eigenvalue weighted by molar-refractivity contribution is 0.0941. The molecule has 104 valence electrons. The van der Waals surface area contributed by atoms with Crippen molar-refractivity contribution >= 4 is 11.7 Å². The molecule has 0 spiro atoms. The van der Waals surface area contributed by atoms with Crippen molar-refractivity contribution in [2.24, 2.45) is 0 Å². The minimum Gasteiger partial charge on any atom is -0.372 e. The fourth-order valence-electron chi connectivity index (χ4n) is 2.18. The van der Waals surface area contributed by atoms with Crippen LogP contribution < -0.4 is 10.6 Å². The Balaban J connectivity index is 1.73. The van der Waals surface area contributed by atoms with E-state index in [1.54, 1.807) is 13.2 Å². The van der Waals surface area contributed by atoms with Crippen molar-refractivity contribution in [1.29, 1.82) is 0 Å². The molecule has 2 heterocycles. The highest BCUT2D eigenvalue weighted by Gasteiger charge is 2.11. The molecular formula is C13H21N5O. The molecule has 2 N–H and O–H groups in total. The van der Waals surface area contributed by atoms with Gasteiger partial charge in [-0.2, -0.15) is 0 Å². The van der Waals surface area contributed by atoms with E-state index >= 15 is 0 Å². The Morgan fingerprint density at radius 1 is 1.26 bits per heavy atom. The zero-order valence-corrected chi connectivity index (χ0v) is 11.4. The summed E-state index contributed by atoms with van der Waals surface area (Å²) in [5.41, 5.74) is 0.359. The number of piperidine rings is 1. The topological polar surface area (TPSA) is 70.2 Å². The number of hydrogen-bond acceptors (Lipinski definition) is 5. The lowest BCUT2D eigenvalue weighted by Crippen LogP contribution is -2.37. The number of nitrogens with zero attached hydrogens (tertiary/aromatic N) is 3. The number of carbonyl (C=O) groups is 1. The fourth-order valence-corrected chi connectivity index (χ4v) is 2.18. The molecule has 0 bridgehead atoms. The third-order valence-corrected chi connectivity index (χ3v) is 3.30. The van der Waals surface area contributed by atoms with E-state index in [9.17, 15) is 4.79 Å². The minimum absolute atomic E-state index is 0.160. The predicted octanol–water partition coefficient (Wildman–Crippen LogP) is 0.734. The van der Waals surface area contributed by atoms with Crippen LogP contribution >= 0.6 is 0 Å². The maximum atomic E-state index is 11.8. The van der Waals surface area contributed by atoms with Gasteiger partial charge in [0.15, 0.2) is 0 Å². The molecule has 6 nitrogen and oxygen atoms in total. The largest absolute Gasteiger partial charge is 0.372 e. The molecule has 6 heteroatoms. The Bertz CT molecular complexity index is 400. The second kappa shape index (κ2) is 7.04. The van der Waals surface area contributed by atoms with Gasteiger partial charge in [-0.1, -0.05) is 6.42 Å². The van der Waals surface area contributed by atoms with E-state index in [2.05, 4.69) is 25.5 Å². The van der Waals surface area contributed by atoms with Gasteiger partial charge in [-0.05, 0) is 25.9 Å². The molecule has 2 rings (SSSR count). The molecule has 1 saturated heterocycles. The molecular weight excluding hydrogens is 242 g/mol. The number of aromatic nitrogens is 2. The number of hydrogen-bond donors (Lipinski definition) is 2. The molecule has 1 aromatic heterocycles. The summed E-state index contributed by atoms with van der Waals surface area (Å²) in [6, 6.07) is 0. The Morgan fingerprint density at radius 3 is 2.68 bits per heavy atom. The van der Waals surface area contributed by atoms with Crippen LogP contribution in [0.2, 0.25) is 0 Å². The van der Waals surface area contributed by atoms with Crippen molar-refractivity contribution in [2.45, 2.75) is 19.3 Å². The van der Waals surface area contributed by atoms with Crippen molar-refractivity contribution in [3.63, 3.8) is 0 Å². The van der Waals surface area contributed by atoms with Gasteiger partial charge in [-0.3, -0.25) is 4.79 Å². The van der Waals surface area contributed by atoms with Crippen LogP contribution in [0.3, 0.4) is 0 Å². The first-order chi connectivity index (χ1) is 9.29. The van der Waals surface area contributed by atoms with Crippen LogP contribution in [0.4, 0.5) is 5.82 Å². The first-order valence-corrected chi connectivity index (χ1v) is 6.80. The van der Waals surface area contributed by atoms with Crippen molar-refractivity contribution < 1.29 is 4.79 Å². The number of nitrogens with one attached hydrogen (secondary N) is 2. The molecule has 1 aliphatic heterocycles. The van der Waals surface area contributed by atoms with Crippen LogP contribution in [0.15, 0.2) is 12.4 Å². The maximum absolute atomic E-state index is 11.8. The first-order valence-electron chi connectivity index (χ1n) is 6.80. The molecule has 19 heavy (non-hydrogen) atoms. The van der Waals surface area contributed by atoms with Gasteiger partial charge in [0.05, 0.1) is 12.4 Å². The molecule has 0 radical (unpaired) electrons. The lowest BCUT2D eigenvalue weighted by Gasteiger charge is -2.26. The zero-order valence-electron chi connectivity index (χ0n) is 11.4. The minimum atomic E-state index is -0.160. The summed E-state index contributed by atoms with van der Waals surface area (Å²) in [6.07, 6.45) is 6.91. The summed E-state index contributed by atoms with van der Waals surface area (Å²) >= 11 is 0. The number of likely N-dealkylation sites (tertiary alicyclic amines) is 1. The first kappa shape index (κ1) is 13.7. The third-order valence-electron chi connectivity index (χ3n) is 3.30. The molecule has 1 aliphatic rings. The van der Waals surface area contributed by atoms with E-state index < -0.39 is 0 Å². The summed E-state index contributed by atoms with van der Waals surface area (Å²) < 4.78 is 0. The van der Waals surface area contributed by atoms with Crippen LogP contribution in [0.25, 0.3) is 0 Å². The van der Waals surface area contributed by atoms with Gasteiger partial charge in [-0.25, -0.2) is 9.97 Å². The van der Waals surface area contributed by atoms with Gasteiger partial charge in [0.1, 0.15) is 11.5 Å². The highest BCUT2D eigenvalue weighted by Crippen LogP contribution is 2.07. The quantitative estimate of drug-likeness (QED) is 0.819. The summed E-state index contributed by atoms with van der Waals surface area (Å²) in [4.78, 5) is 22.4. The number of amides is 1. The monoisotopic (exact) mass is 263 g/mol. The van der Waals surface area contributed by atoms with Crippen LogP contribution in [-0.2, 0) is 0 Å². The number of rotatable bonds is 5. The number of carbonyl (C=O) groups excluding carboxylic acids is 1. The molecule has 0 aliphatic carbocycles. The highest BCUT2D eigenvalue weighted by atomic mass is 16.1. The van der Waals surface area contributed by atoms with Gasteiger partial charge in [0.2, 0.25) is 0 Å². The van der Waals surface area contributed by atoms with Crippen LogP contribution in [0.5, 0.6) is 0 Å². The number of anilines is 1. The molecule has 0 atom stereocenters. The summed E-state index contributed by atoms with van der Waals surface area (Å²) in [7, 11) is 1.77. The molecule has 0 aromatic carbocycles. The lowest BCUT2D eigenvalue weighted by atomic mass is 10.1. The molecule has 0 unspecified atom stereocenters. The average Bonchev–Trinajstić information content (AvgIpc) is 2.48. The Kier molecular flexibility index (Phi) is 5.09. The molecule has 1 amide bonds. The Hall–Kier alpha value is -1.69. The second-order valence-electron chi connectivity index (χ2n) is 4.70. The summed E-state index contributed by atoms with van der Waals surface area (Å²) in [5, 5.41) is 5.75. The van der Waals surface area contributed by atoms with Gasteiger partial charge < -0.3 is 15.5 Å². The van der Waals surface area contributed by atoms with Crippen molar-refractivity contribution in [3.8, 4) is 0 Å². The van der Waals surface area contributed by atoms with E-state index in [-0.39, 0.29) is 5.91 Å². The van der Waals surface area contributed by atoms with Gasteiger partial charge >= 0.3 is 0 Å². The van der Waals surface area contributed by atoms with Crippen LogP contribution in [-0.4, -0.2) is 54.0 Å². The van der Waals surface area contributed by atoms with Crippen molar-refractivity contribution in [2.75, 3.05) is 38.5 Å². The van der Waals surface area contributed by atoms with Crippen LogP contribution in [0, 0.1) is 0 Å². The van der Waals surface area contributed by atoms with E-state index in [1.165, 1.54) is 25.5 Å². The Morgan fingerprint density at radius 2 is 2.05 bits per heavy atom. The smallest absolute Gasteiger partial charge is 0.271 e. The van der Waals surface area contributed by atoms with Crippen LogP contribution in [0.1, 0.15) is 29.8 Å². The normalized spacial score (nSPS) is 16.1. The molecule has 1 aromatic rings. The molecule has 1 fully saturated rings. The van der Waals surface area contributed by atoms with Crippen molar-refractivity contribution in [1.82, 2.24) is 20.2 Å². The fraction of sp³-hybridized carbons (Fsp3) is 0.615. The second-order valence-corrected chi connectivity index (χ2v) is 4.70. The Labute approximate surface area is 113 Å². The maximum Gasteiger partial charge on any atom is 0.271 e. The van der Waals surface area contributed by atoms with Crippen molar-refractivity contribution in [3.05, 3.63) is 18.1 Å². The van der Waals surface area contributed by atoms with E-state index in [1.807, 2.05) is 0 Å². The van der Waals surface area contributed by atoms with E-state index in [0.29, 0.717) is 18.1 Å². The summed E-state index contributed by atoms with van der Waals surface area (Å²) in [5.74, 6) is 0.497.